The molecule has 0 bridgehead atoms. The molecular formula is C19H19N3O2. The van der Waals surface area contributed by atoms with Gasteiger partial charge in [-0.1, -0.05) is 48.5 Å². The fourth-order valence-electron chi connectivity index (χ4n) is 2.68. The summed E-state index contributed by atoms with van der Waals surface area (Å²) in [7, 11) is 0. The lowest BCUT2D eigenvalue weighted by molar-refractivity contribution is 0.262. The fraction of sp³-hybridized carbons (Fsp3) is 0.105. The second-order valence-electron chi connectivity index (χ2n) is 5.46. The molecule has 0 aliphatic rings. The largest absolute Gasteiger partial charge is 0.397 e. The van der Waals surface area contributed by atoms with Crippen LogP contribution in [-0.4, -0.2) is 17.7 Å². The number of anilines is 3. The van der Waals surface area contributed by atoms with E-state index in [0.29, 0.717) is 23.5 Å². The Morgan fingerprint density at radius 2 is 1.71 bits per heavy atom. The van der Waals surface area contributed by atoms with Crippen molar-refractivity contribution >= 4 is 33.9 Å². The molecule has 0 aliphatic carbocycles. The summed E-state index contributed by atoms with van der Waals surface area (Å²) >= 11 is 0. The Morgan fingerprint density at radius 3 is 2.54 bits per heavy atom. The van der Waals surface area contributed by atoms with Gasteiger partial charge in [0.05, 0.1) is 11.4 Å². The smallest absolute Gasteiger partial charge is 0.323 e. The third-order valence-corrected chi connectivity index (χ3v) is 3.85. The molecule has 0 spiro atoms. The highest BCUT2D eigenvalue weighted by molar-refractivity contribution is 6.09. The highest BCUT2D eigenvalue weighted by Gasteiger charge is 2.11. The summed E-state index contributed by atoms with van der Waals surface area (Å²) in [5.74, 6) is 0. The van der Waals surface area contributed by atoms with E-state index in [1.165, 1.54) is 0 Å². The SMILES string of the molecule is Nc1ccc2ccccc2c1NC(=O)Nc1ccccc1CCO. The number of para-hydroxylation sites is 1. The van der Waals surface area contributed by atoms with E-state index >= 15 is 0 Å². The summed E-state index contributed by atoms with van der Waals surface area (Å²) in [6.45, 7) is 0.0244. The zero-order valence-corrected chi connectivity index (χ0v) is 13.1. The van der Waals surface area contributed by atoms with Crippen LogP contribution in [0.2, 0.25) is 0 Å². The lowest BCUT2D eigenvalue weighted by Crippen LogP contribution is -2.21. The van der Waals surface area contributed by atoms with Crippen LogP contribution in [0.25, 0.3) is 10.8 Å². The molecule has 122 valence electrons. The van der Waals surface area contributed by atoms with E-state index in [2.05, 4.69) is 10.6 Å². The number of hydrogen-bond acceptors (Lipinski definition) is 3. The van der Waals surface area contributed by atoms with Gasteiger partial charge in [-0.15, -0.1) is 0 Å². The summed E-state index contributed by atoms with van der Waals surface area (Å²) in [5.41, 5.74) is 8.67. The van der Waals surface area contributed by atoms with Gasteiger partial charge in [0.2, 0.25) is 0 Å². The zero-order valence-electron chi connectivity index (χ0n) is 13.1. The highest BCUT2D eigenvalue weighted by Crippen LogP contribution is 2.29. The maximum atomic E-state index is 12.4. The van der Waals surface area contributed by atoms with E-state index < -0.39 is 0 Å². The zero-order chi connectivity index (χ0) is 16.9. The van der Waals surface area contributed by atoms with E-state index in [1.54, 1.807) is 12.1 Å². The molecule has 0 saturated heterocycles. The number of nitrogens with one attached hydrogen (secondary N) is 2. The molecule has 2 amide bonds. The summed E-state index contributed by atoms with van der Waals surface area (Å²) in [6.07, 6.45) is 0.479. The third-order valence-electron chi connectivity index (χ3n) is 3.85. The van der Waals surface area contributed by atoms with Gasteiger partial charge in [-0.25, -0.2) is 4.79 Å². The molecule has 5 N–H and O–H groups in total. The molecular weight excluding hydrogens is 302 g/mol. The summed E-state index contributed by atoms with van der Waals surface area (Å²) < 4.78 is 0. The van der Waals surface area contributed by atoms with Crippen molar-refractivity contribution in [1.82, 2.24) is 0 Å². The second-order valence-corrected chi connectivity index (χ2v) is 5.46. The van der Waals surface area contributed by atoms with Gasteiger partial charge in [0.15, 0.2) is 0 Å². The van der Waals surface area contributed by atoms with E-state index in [-0.39, 0.29) is 12.6 Å². The minimum Gasteiger partial charge on any atom is -0.397 e. The molecule has 0 radical (unpaired) electrons. The number of nitrogens with two attached hydrogens (primary N) is 1. The highest BCUT2D eigenvalue weighted by atomic mass is 16.3. The number of rotatable bonds is 4. The number of nitrogen functional groups attached to an aromatic ring is 1. The molecule has 0 aliphatic heterocycles. The van der Waals surface area contributed by atoms with Crippen molar-refractivity contribution < 1.29 is 9.90 Å². The Morgan fingerprint density at radius 1 is 0.958 bits per heavy atom. The normalized spacial score (nSPS) is 10.5. The molecule has 0 aromatic heterocycles. The molecule has 3 aromatic rings. The molecule has 3 rings (SSSR count). The first-order valence-electron chi connectivity index (χ1n) is 7.73. The Labute approximate surface area is 140 Å². The van der Waals surface area contributed by atoms with Crippen LogP contribution in [0, 0.1) is 0 Å². The number of carbonyl (C=O) groups is 1. The van der Waals surface area contributed by atoms with E-state index in [1.807, 2.05) is 48.5 Å². The molecule has 0 heterocycles. The average molecular weight is 321 g/mol. The fourth-order valence-corrected chi connectivity index (χ4v) is 2.68. The van der Waals surface area contributed by atoms with Crippen LogP contribution < -0.4 is 16.4 Å². The van der Waals surface area contributed by atoms with Crippen molar-refractivity contribution in [3.05, 3.63) is 66.2 Å². The van der Waals surface area contributed by atoms with Crippen LogP contribution >= 0.6 is 0 Å². The van der Waals surface area contributed by atoms with Crippen molar-refractivity contribution in [1.29, 1.82) is 0 Å². The maximum absolute atomic E-state index is 12.4. The molecule has 0 atom stereocenters. The van der Waals surface area contributed by atoms with E-state index in [0.717, 1.165) is 16.3 Å². The van der Waals surface area contributed by atoms with Crippen LogP contribution in [0.4, 0.5) is 21.9 Å². The van der Waals surface area contributed by atoms with Crippen LogP contribution in [-0.2, 0) is 6.42 Å². The standard InChI is InChI=1S/C19H19N3O2/c20-16-10-9-13-5-1-3-7-15(13)18(16)22-19(24)21-17-8-4-2-6-14(17)11-12-23/h1-10,23H,11-12,20H2,(H2,21,22,24). The molecule has 3 aromatic carbocycles. The van der Waals surface area contributed by atoms with Crippen molar-refractivity contribution in [3.63, 3.8) is 0 Å². The number of aliphatic hydroxyl groups is 1. The number of amides is 2. The maximum Gasteiger partial charge on any atom is 0.323 e. The number of carbonyl (C=O) groups excluding carboxylic acids is 1. The molecule has 0 fully saturated rings. The van der Waals surface area contributed by atoms with Crippen molar-refractivity contribution in [3.8, 4) is 0 Å². The van der Waals surface area contributed by atoms with Gasteiger partial charge in [-0.2, -0.15) is 0 Å². The van der Waals surface area contributed by atoms with Gasteiger partial charge in [0, 0.05) is 17.7 Å². The Bertz CT molecular complexity index is 877. The van der Waals surface area contributed by atoms with Gasteiger partial charge >= 0.3 is 6.03 Å². The Kier molecular flexibility index (Phi) is 4.63. The topological polar surface area (TPSA) is 87.4 Å². The predicted molar refractivity (Wildman–Crippen MR) is 98.2 cm³/mol. The summed E-state index contributed by atoms with van der Waals surface area (Å²) in [5, 5.41) is 16.7. The van der Waals surface area contributed by atoms with Crippen LogP contribution in [0.15, 0.2) is 60.7 Å². The van der Waals surface area contributed by atoms with E-state index in [4.69, 9.17) is 10.8 Å². The van der Waals surface area contributed by atoms with Crippen molar-refractivity contribution in [2.75, 3.05) is 23.0 Å². The lowest BCUT2D eigenvalue weighted by atomic mass is 10.1. The minimum absolute atomic E-state index is 0.0244. The first-order valence-corrected chi connectivity index (χ1v) is 7.73. The quantitative estimate of drug-likeness (QED) is 0.554. The number of fused-ring (bicyclic) bond motifs is 1. The summed E-state index contributed by atoms with van der Waals surface area (Å²) in [4.78, 5) is 12.4. The molecule has 0 saturated carbocycles. The molecule has 5 nitrogen and oxygen atoms in total. The van der Waals surface area contributed by atoms with Crippen molar-refractivity contribution in [2.24, 2.45) is 0 Å². The van der Waals surface area contributed by atoms with Crippen LogP contribution in [0.1, 0.15) is 5.56 Å². The van der Waals surface area contributed by atoms with Gasteiger partial charge in [0.25, 0.3) is 0 Å². The predicted octanol–water partition coefficient (Wildman–Crippen LogP) is 3.60. The number of urea groups is 1. The first-order chi connectivity index (χ1) is 11.7. The van der Waals surface area contributed by atoms with Gasteiger partial charge in [-0.05, 0) is 29.5 Å². The lowest BCUT2D eigenvalue weighted by Gasteiger charge is -2.14. The molecule has 24 heavy (non-hydrogen) atoms. The van der Waals surface area contributed by atoms with Crippen molar-refractivity contribution in [2.45, 2.75) is 6.42 Å². The van der Waals surface area contributed by atoms with Crippen LogP contribution in [0.5, 0.6) is 0 Å². The van der Waals surface area contributed by atoms with Gasteiger partial charge in [-0.3, -0.25) is 0 Å². The monoisotopic (exact) mass is 321 g/mol. The second kappa shape index (κ2) is 7.02. The first kappa shape index (κ1) is 15.8. The van der Waals surface area contributed by atoms with Gasteiger partial charge < -0.3 is 21.5 Å². The van der Waals surface area contributed by atoms with Gasteiger partial charge in [0.1, 0.15) is 0 Å². The molecule has 0 unspecified atom stereocenters. The number of aliphatic hydroxyl groups excluding tert-OH is 1. The number of hydrogen-bond donors (Lipinski definition) is 4. The molecule has 5 heteroatoms. The Hall–Kier alpha value is -3.05. The van der Waals surface area contributed by atoms with Crippen LogP contribution in [0.3, 0.4) is 0 Å². The summed E-state index contributed by atoms with van der Waals surface area (Å²) in [6, 6.07) is 18.4. The Balaban J connectivity index is 1.85. The average Bonchev–Trinajstić information content (AvgIpc) is 2.59. The van der Waals surface area contributed by atoms with E-state index in [9.17, 15) is 4.79 Å². The number of benzene rings is 3. The third kappa shape index (κ3) is 3.31. The minimum atomic E-state index is -0.372.